The van der Waals surface area contributed by atoms with Crippen molar-refractivity contribution in [2.24, 2.45) is 0 Å². The van der Waals surface area contributed by atoms with Gasteiger partial charge >= 0.3 is 0 Å². The lowest BCUT2D eigenvalue weighted by Crippen LogP contribution is -2.51. The Hall–Kier alpha value is -0.880. The van der Waals surface area contributed by atoms with Crippen molar-refractivity contribution >= 4 is 9.84 Å². The van der Waals surface area contributed by atoms with Crippen molar-refractivity contribution < 1.29 is 12.8 Å². The van der Waals surface area contributed by atoms with Crippen LogP contribution in [-0.2, 0) is 16.4 Å². The first-order chi connectivity index (χ1) is 8.03. The lowest BCUT2D eigenvalue weighted by Gasteiger charge is -2.33. The van der Waals surface area contributed by atoms with E-state index in [9.17, 15) is 8.42 Å². The van der Waals surface area contributed by atoms with E-state index in [2.05, 4.69) is 4.98 Å². The summed E-state index contributed by atoms with van der Waals surface area (Å²) in [6.07, 6.45) is 4.20. The molecule has 3 rings (SSSR count). The molecule has 0 atom stereocenters. The average molecular weight is 256 g/mol. The lowest BCUT2D eigenvalue weighted by atomic mass is 10.3. The highest BCUT2D eigenvalue weighted by atomic mass is 32.2. The van der Waals surface area contributed by atoms with E-state index in [1.165, 1.54) is 12.8 Å². The minimum atomic E-state index is -2.76. The van der Waals surface area contributed by atoms with Crippen LogP contribution in [0.25, 0.3) is 0 Å². The molecular formula is C11H16N2O3S. The van der Waals surface area contributed by atoms with Crippen LogP contribution in [-0.4, -0.2) is 42.9 Å². The van der Waals surface area contributed by atoms with Crippen LogP contribution in [0.15, 0.2) is 10.6 Å². The van der Waals surface area contributed by atoms with Gasteiger partial charge in [0, 0.05) is 12.0 Å². The van der Waals surface area contributed by atoms with E-state index in [0.29, 0.717) is 18.4 Å². The summed E-state index contributed by atoms with van der Waals surface area (Å²) in [5, 5.41) is 0. The molecule has 0 N–H and O–H groups in total. The van der Waals surface area contributed by atoms with Gasteiger partial charge in [-0.3, -0.25) is 4.90 Å². The van der Waals surface area contributed by atoms with Crippen molar-refractivity contribution in [3.63, 3.8) is 0 Å². The van der Waals surface area contributed by atoms with Gasteiger partial charge in [-0.05, 0) is 19.9 Å². The van der Waals surface area contributed by atoms with E-state index in [4.69, 9.17) is 4.42 Å². The second-order valence-electron chi connectivity index (χ2n) is 5.08. The second-order valence-corrected chi connectivity index (χ2v) is 7.23. The predicted molar refractivity (Wildman–Crippen MR) is 62.4 cm³/mol. The van der Waals surface area contributed by atoms with Crippen molar-refractivity contribution in [3.05, 3.63) is 17.8 Å². The van der Waals surface area contributed by atoms with Crippen molar-refractivity contribution in [2.45, 2.75) is 31.3 Å². The van der Waals surface area contributed by atoms with E-state index >= 15 is 0 Å². The number of aromatic nitrogens is 1. The molecule has 0 aromatic carbocycles. The summed E-state index contributed by atoms with van der Waals surface area (Å²) < 4.78 is 27.8. The molecule has 0 bridgehead atoms. The van der Waals surface area contributed by atoms with Crippen LogP contribution in [0.1, 0.15) is 30.4 Å². The second kappa shape index (κ2) is 3.81. The topological polar surface area (TPSA) is 63.4 Å². The van der Waals surface area contributed by atoms with E-state index in [0.717, 1.165) is 5.76 Å². The Bertz CT molecular complexity index is 507. The van der Waals surface area contributed by atoms with Gasteiger partial charge in [-0.2, -0.15) is 0 Å². The molecule has 0 radical (unpaired) electrons. The van der Waals surface area contributed by atoms with Gasteiger partial charge < -0.3 is 4.42 Å². The van der Waals surface area contributed by atoms with Crippen LogP contribution >= 0.6 is 0 Å². The number of rotatable bonds is 4. The number of hydrogen-bond donors (Lipinski definition) is 0. The predicted octanol–water partition coefficient (Wildman–Crippen LogP) is 0.781. The Morgan fingerprint density at radius 2 is 2.18 bits per heavy atom. The quantitative estimate of drug-likeness (QED) is 0.796. The molecule has 2 heterocycles. The Morgan fingerprint density at radius 1 is 1.47 bits per heavy atom. The van der Waals surface area contributed by atoms with Gasteiger partial charge in [0.05, 0.1) is 24.2 Å². The van der Waals surface area contributed by atoms with Crippen LogP contribution in [0.3, 0.4) is 0 Å². The van der Waals surface area contributed by atoms with E-state index in [-0.39, 0.29) is 17.5 Å². The van der Waals surface area contributed by atoms with Gasteiger partial charge in [0.2, 0.25) is 5.89 Å². The monoisotopic (exact) mass is 256 g/mol. The van der Waals surface area contributed by atoms with Gasteiger partial charge in [0.25, 0.3) is 0 Å². The van der Waals surface area contributed by atoms with Crippen LogP contribution < -0.4 is 0 Å². The summed E-state index contributed by atoms with van der Waals surface area (Å²) in [7, 11) is -0.842. The first-order valence-corrected chi connectivity index (χ1v) is 7.71. The van der Waals surface area contributed by atoms with Gasteiger partial charge in [-0.1, -0.05) is 0 Å². The van der Waals surface area contributed by atoms with Gasteiger partial charge in [-0.25, -0.2) is 13.4 Å². The summed E-state index contributed by atoms with van der Waals surface area (Å²) in [6.45, 7) is 0.590. The maximum absolute atomic E-state index is 11.1. The van der Waals surface area contributed by atoms with Crippen LogP contribution in [0.5, 0.6) is 0 Å². The van der Waals surface area contributed by atoms with Crippen molar-refractivity contribution in [3.8, 4) is 0 Å². The Morgan fingerprint density at radius 3 is 2.76 bits per heavy atom. The summed E-state index contributed by atoms with van der Waals surface area (Å²) in [5.41, 5.74) is 0. The molecule has 1 saturated heterocycles. The molecule has 5 nitrogen and oxygen atoms in total. The molecule has 17 heavy (non-hydrogen) atoms. The van der Waals surface area contributed by atoms with Crippen LogP contribution in [0.4, 0.5) is 0 Å². The third-order valence-corrected chi connectivity index (χ3v) is 5.24. The number of nitrogens with zero attached hydrogens (tertiary/aromatic N) is 2. The molecule has 6 heteroatoms. The zero-order valence-corrected chi connectivity index (χ0v) is 10.6. The molecule has 1 aliphatic heterocycles. The molecule has 1 aromatic heterocycles. The first kappa shape index (κ1) is 11.2. The normalized spacial score (nSPS) is 23.9. The van der Waals surface area contributed by atoms with Gasteiger partial charge in [0.1, 0.15) is 5.76 Å². The third-order valence-electron chi connectivity index (χ3n) is 3.45. The van der Waals surface area contributed by atoms with Crippen LogP contribution in [0, 0.1) is 0 Å². The van der Waals surface area contributed by atoms with Crippen molar-refractivity contribution in [2.75, 3.05) is 18.6 Å². The molecule has 0 amide bonds. The summed E-state index contributed by atoms with van der Waals surface area (Å²) in [6, 6.07) is 0.122. The Kier molecular flexibility index (Phi) is 2.52. The molecule has 0 unspecified atom stereocenters. The Labute approximate surface area is 101 Å². The zero-order chi connectivity index (χ0) is 12.0. The van der Waals surface area contributed by atoms with E-state index < -0.39 is 9.84 Å². The molecule has 1 saturated carbocycles. The first-order valence-electron chi connectivity index (χ1n) is 5.89. The minimum Gasteiger partial charge on any atom is -0.444 e. The summed E-state index contributed by atoms with van der Waals surface area (Å²) in [5.74, 6) is 2.78. The maximum atomic E-state index is 11.1. The largest absolute Gasteiger partial charge is 0.444 e. The smallest absolute Gasteiger partial charge is 0.208 e. The number of hydrogen-bond acceptors (Lipinski definition) is 5. The molecule has 1 aliphatic carbocycles. The fourth-order valence-corrected chi connectivity index (χ4v) is 3.67. The summed E-state index contributed by atoms with van der Waals surface area (Å²) >= 11 is 0. The highest BCUT2D eigenvalue weighted by Gasteiger charge is 2.36. The standard InChI is InChI=1S/C11H16N2O3S/c1-13(9-6-17(14,15)7-9)5-11-12-4-10(16-11)8-2-3-8/h4,8-9H,2-3,5-7H2,1H3. The minimum absolute atomic E-state index is 0.122. The van der Waals surface area contributed by atoms with Crippen LogP contribution in [0.2, 0.25) is 0 Å². The van der Waals surface area contributed by atoms with E-state index in [1.54, 1.807) is 6.20 Å². The number of oxazole rings is 1. The van der Waals surface area contributed by atoms with Gasteiger partial charge in [-0.15, -0.1) is 0 Å². The zero-order valence-electron chi connectivity index (χ0n) is 9.80. The van der Waals surface area contributed by atoms with Crippen molar-refractivity contribution in [1.29, 1.82) is 0 Å². The third kappa shape index (κ3) is 2.37. The molecule has 0 spiro atoms. The highest BCUT2D eigenvalue weighted by Crippen LogP contribution is 2.40. The van der Waals surface area contributed by atoms with Crippen molar-refractivity contribution in [1.82, 2.24) is 9.88 Å². The fraction of sp³-hybridized carbons (Fsp3) is 0.727. The number of sulfone groups is 1. The molecule has 2 fully saturated rings. The Balaban J connectivity index is 1.58. The SMILES string of the molecule is CN(Cc1ncc(C2CC2)o1)C1CS(=O)(=O)C1. The maximum Gasteiger partial charge on any atom is 0.208 e. The van der Waals surface area contributed by atoms with Gasteiger partial charge in [0.15, 0.2) is 9.84 Å². The summed E-state index contributed by atoms with van der Waals surface area (Å²) in [4.78, 5) is 6.24. The average Bonchev–Trinajstić information content (AvgIpc) is 2.97. The van der Waals surface area contributed by atoms with E-state index in [1.807, 2.05) is 11.9 Å². The molecule has 1 aromatic rings. The fourth-order valence-electron chi connectivity index (χ4n) is 2.09. The molecule has 2 aliphatic rings. The molecular weight excluding hydrogens is 240 g/mol. The molecule has 94 valence electrons. The highest BCUT2D eigenvalue weighted by molar-refractivity contribution is 7.92. The lowest BCUT2D eigenvalue weighted by molar-refractivity contribution is 0.228.